The van der Waals surface area contributed by atoms with Crippen molar-refractivity contribution in [3.8, 4) is 5.75 Å². The second-order valence-corrected chi connectivity index (χ2v) is 5.91. The van der Waals surface area contributed by atoms with Crippen LogP contribution in [0.3, 0.4) is 0 Å². The number of hydrogen-bond acceptors (Lipinski definition) is 3. The van der Waals surface area contributed by atoms with Crippen molar-refractivity contribution in [2.75, 3.05) is 26.7 Å². The van der Waals surface area contributed by atoms with Crippen molar-refractivity contribution in [1.29, 1.82) is 0 Å². The minimum atomic E-state index is -0.920. The predicted octanol–water partition coefficient (Wildman–Crippen LogP) is 2.45. The minimum absolute atomic E-state index is 0.0716. The summed E-state index contributed by atoms with van der Waals surface area (Å²) < 4.78 is 5.30. The molecule has 1 aliphatic rings. The fourth-order valence-corrected chi connectivity index (χ4v) is 2.98. The van der Waals surface area contributed by atoms with E-state index in [1.54, 1.807) is 12.0 Å². The van der Waals surface area contributed by atoms with E-state index in [2.05, 4.69) is 10.3 Å². The van der Waals surface area contributed by atoms with Gasteiger partial charge in [0.2, 0.25) is 0 Å². The van der Waals surface area contributed by atoms with Gasteiger partial charge in [0.15, 0.2) is 0 Å². The molecular weight excluding hydrogens is 322 g/mol. The van der Waals surface area contributed by atoms with Gasteiger partial charge in [0.05, 0.1) is 13.5 Å². The van der Waals surface area contributed by atoms with Crippen molar-refractivity contribution in [3.05, 3.63) is 36.0 Å². The first-order chi connectivity index (χ1) is 12.1. The van der Waals surface area contributed by atoms with Gasteiger partial charge in [-0.2, -0.15) is 0 Å². The van der Waals surface area contributed by atoms with E-state index in [1.807, 2.05) is 30.5 Å². The molecule has 0 spiro atoms. The van der Waals surface area contributed by atoms with E-state index in [0.29, 0.717) is 13.1 Å². The molecule has 0 radical (unpaired) electrons. The zero-order valence-electron chi connectivity index (χ0n) is 14.0. The Labute approximate surface area is 145 Å². The van der Waals surface area contributed by atoms with E-state index in [-0.39, 0.29) is 19.0 Å². The lowest BCUT2D eigenvalue weighted by Gasteiger charge is -2.26. The zero-order chi connectivity index (χ0) is 17.8. The molecule has 7 nitrogen and oxygen atoms in total. The molecule has 25 heavy (non-hydrogen) atoms. The van der Waals surface area contributed by atoms with Gasteiger partial charge in [0.25, 0.3) is 0 Å². The summed E-state index contributed by atoms with van der Waals surface area (Å²) in [7, 11) is 1.65. The molecule has 1 aromatic heterocycles. The zero-order valence-corrected chi connectivity index (χ0v) is 14.0. The molecule has 2 amide bonds. The standard InChI is InChI=1S/C18H21N3O4/c1-25-13-2-3-16-14(10-13)15(11-20-16)12-5-8-21(9-6-12)18(24)19-7-4-17(22)23/h2-3,5,10-11,20H,4,6-9H2,1H3,(H,19,24)(H,22,23). The highest BCUT2D eigenvalue weighted by atomic mass is 16.5. The van der Waals surface area contributed by atoms with E-state index in [0.717, 1.165) is 28.6 Å². The summed E-state index contributed by atoms with van der Waals surface area (Å²) in [6, 6.07) is 5.69. The molecule has 0 saturated heterocycles. The Morgan fingerprint density at radius 1 is 1.40 bits per heavy atom. The van der Waals surface area contributed by atoms with Crippen molar-refractivity contribution in [2.24, 2.45) is 0 Å². The number of carboxylic acid groups (broad SMARTS) is 1. The van der Waals surface area contributed by atoms with E-state index in [1.165, 1.54) is 5.57 Å². The Kier molecular flexibility index (Phi) is 4.92. The van der Waals surface area contributed by atoms with Gasteiger partial charge in [-0.05, 0) is 30.2 Å². The second kappa shape index (κ2) is 7.29. The summed E-state index contributed by atoms with van der Waals surface area (Å²) in [4.78, 5) is 27.5. The molecule has 0 fully saturated rings. The number of carbonyl (C=O) groups excluding carboxylic acids is 1. The number of carbonyl (C=O) groups is 2. The molecule has 3 rings (SSSR count). The van der Waals surface area contributed by atoms with Crippen LogP contribution in [0.2, 0.25) is 0 Å². The number of amides is 2. The summed E-state index contributed by atoms with van der Waals surface area (Å²) in [5.74, 6) is -0.111. The maximum absolute atomic E-state index is 12.0. The Bertz CT molecular complexity index is 825. The number of rotatable bonds is 5. The highest BCUT2D eigenvalue weighted by molar-refractivity contribution is 5.94. The van der Waals surface area contributed by atoms with E-state index in [9.17, 15) is 9.59 Å². The lowest BCUT2D eigenvalue weighted by molar-refractivity contribution is -0.136. The molecule has 2 aromatic rings. The van der Waals surface area contributed by atoms with Crippen molar-refractivity contribution < 1.29 is 19.4 Å². The molecule has 0 saturated carbocycles. The Balaban J connectivity index is 1.69. The molecule has 1 aromatic carbocycles. The van der Waals surface area contributed by atoms with Crippen molar-refractivity contribution >= 4 is 28.5 Å². The van der Waals surface area contributed by atoms with Crippen molar-refractivity contribution in [3.63, 3.8) is 0 Å². The number of benzene rings is 1. The number of aromatic amines is 1. The van der Waals surface area contributed by atoms with Gasteiger partial charge in [0.1, 0.15) is 5.75 Å². The summed E-state index contributed by atoms with van der Waals surface area (Å²) in [6.07, 6.45) is 4.70. The van der Waals surface area contributed by atoms with Crippen molar-refractivity contribution in [2.45, 2.75) is 12.8 Å². The number of urea groups is 1. The molecule has 0 bridgehead atoms. The Morgan fingerprint density at radius 3 is 2.92 bits per heavy atom. The van der Waals surface area contributed by atoms with E-state index < -0.39 is 5.97 Å². The third kappa shape index (κ3) is 3.76. The van der Waals surface area contributed by atoms with Crippen molar-refractivity contribution in [1.82, 2.24) is 15.2 Å². The Hall–Kier alpha value is -2.96. The van der Waals surface area contributed by atoms with Crippen LogP contribution >= 0.6 is 0 Å². The maximum Gasteiger partial charge on any atom is 0.317 e. The molecule has 0 aliphatic carbocycles. The summed E-state index contributed by atoms with van der Waals surface area (Å²) in [5.41, 5.74) is 3.36. The summed E-state index contributed by atoms with van der Waals surface area (Å²) in [5, 5.41) is 12.3. The first-order valence-electron chi connectivity index (χ1n) is 8.17. The van der Waals surface area contributed by atoms with Gasteiger partial charge in [-0.15, -0.1) is 0 Å². The van der Waals surface area contributed by atoms with Crippen LogP contribution in [0.15, 0.2) is 30.5 Å². The largest absolute Gasteiger partial charge is 0.497 e. The number of hydrogen-bond donors (Lipinski definition) is 3. The quantitative estimate of drug-likeness (QED) is 0.777. The van der Waals surface area contributed by atoms with Crippen LogP contribution in [0, 0.1) is 0 Å². The normalized spacial score (nSPS) is 14.3. The van der Waals surface area contributed by atoms with E-state index >= 15 is 0 Å². The topological polar surface area (TPSA) is 94.7 Å². The minimum Gasteiger partial charge on any atom is -0.497 e. The first-order valence-corrected chi connectivity index (χ1v) is 8.17. The van der Waals surface area contributed by atoms with Crippen LogP contribution in [0.25, 0.3) is 16.5 Å². The average Bonchev–Trinajstić information content (AvgIpc) is 3.04. The molecule has 2 heterocycles. The molecule has 7 heteroatoms. The number of nitrogens with zero attached hydrogens (tertiary/aromatic N) is 1. The fraction of sp³-hybridized carbons (Fsp3) is 0.333. The molecule has 0 unspecified atom stereocenters. The third-order valence-corrected chi connectivity index (χ3v) is 4.35. The number of nitrogens with one attached hydrogen (secondary N) is 2. The van der Waals surface area contributed by atoms with Gasteiger partial charge in [-0.1, -0.05) is 6.08 Å². The molecular formula is C18H21N3O4. The molecule has 3 N–H and O–H groups in total. The number of methoxy groups -OCH3 is 1. The first kappa shape index (κ1) is 16.9. The second-order valence-electron chi connectivity index (χ2n) is 5.91. The third-order valence-electron chi connectivity index (χ3n) is 4.35. The van der Waals surface area contributed by atoms with Gasteiger partial charge >= 0.3 is 12.0 Å². The van der Waals surface area contributed by atoms with Crippen LogP contribution in [-0.2, 0) is 4.79 Å². The summed E-state index contributed by atoms with van der Waals surface area (Å²) >= 11 is 0. The predicted molar refractivity (Wildman–Crippen MR) is 94.7 cm³/mol. The smallest absolute Gasteiger partial charge is 0.317 e. The number of fused-ring (bicyclic) bond motifs is 1. The van der Waals surface area contributed by atoms with Crippen LogP contribution < -0.4 is 10.1 Å². The van der Waals surface area contributed by atoms with Gasteiger partial charge in [-0.25, -0.2) is 4.79 Å². The highest BCUT2D eigenvalue weighted by Gasteiger charge is 2.19. The summed E-state index contributed by atoms with van der Waals surface area (Å²) in [6.45, 7) is 1.25. The number of aromatic nitrogens is 1. The number of ether oxygens (including phenoxy) is 1. The maximum atomic E-state index is 12.0. The lowest BCUT2D eigenvalue weighted by Crippen LogP contribution is -2.42. The monoisotopic (exact) mass is 343 g/mol. The molecule has 1 aliphatic heterocycles. The number of carboxylic acids is 1. The van der Waals surface area contributed by atoms with Gasteiger partial charge in [0, 0.05) is 42.3 Å². The van der Waals surface area contributed by atoms with Crippen LogP contribution in [-0.4, -0.2) is 53.7 Å². The van der Waals surface area contributed by atoms with Crippen LogP contribution in [0.1, 0.15) is 18.4 Å². The average molecular weight is 343 g/mol. The van der Waals surface area contributed by atoms with Crippen LogP contribution in [0.4, 0.5) is 4.79 Å². The number of aliphatic carboxylic acids is 1. The Morgan fingerprint density at radius 2 is 2.24 bits per heavy atom. The van der Waals surface area contributed by atoms with Gasteiger partial charge in [-0.3, -0.25) is 4.79 Å². The fourth-order valence-electron chi connectivity index (χ4n) is 2.98. The van der Waals surface area contributed by atoms with Gasteiger partial charge < -0.3 is 25.0 Å². The lowest BCUT2D eigenvalue weighted by atomic mass is 9.99. The SMILES string of the molecule is COc1ccc2[nH]cc(C3=CCN(C(=O)NCCC(=O)O)CC3)c2c1. The van der Waals surface area contributed by atoms with E-state index in [4.69, 9.17) is 9.84 Å². The van der Waals surface area contributed by atoms with Crippen LogP contribution in [0.5, 0.6) is 5.75 Å². The highest BCUT2D eigenvalue weighted by Crippen LogP contribution is 2.31. The number of H-pyrrole nitrogens is 1. The molecule has 132 valence electrons. The molecule has 0 atom stereocenters.